The maximum Gasteiger partial charge on any atom is 0.222 e. The van der Waals surface area contributed by atoms with Gasteiger partial charge >= 0.3 is 0 Å². The Morgan fingerprint density at radius 3 is 2.92 bits per heavy atom. The third-order valence-corrected chi connectivity index (χ3v) is 5.76. The molecule has 1 fully saturated rings. The first kappa shape index (κ1) is 16.2. The number of hydrogen-bond acceptors (Lipinski definition) is 3. The summed E-state index contributed by atoms with van der Waals surface area (Å²) in [6.07, 6.45) is 7.75. The number of fused-ring (bicyclic) bond motifs is 2. The number of amides is 1. The van der Waals surface area contributed by atoms with E-state index in [1.165, 1.54) is 16.8 Å². The Morgan fingerprint density at radius 1 is 1.24 bits per heavy atom. The fraction of sp³-hybridized carbons (Fsp3) is 0.476. The Morgan fingerprint density at radius 2 is 2.08 bits per heavy atom. The molecule has 1 saturated heterocycles. The Kier molecular flexibility index (Phi) is 4.28. The number of likely N-dealkylation sites (tertiary alicyclic amines) is 1. The maximum absolute atomic E-state index is 12.8. The molecular weight excluding hydrogens is 310 g/mol. The van der Waals surface area contributed by atoms with Crippen molar-refractivity contribution in [1.82, 2.24) is 14.9 Å². The van der Waals surface area contributed by atoms with Crippen LogP contribution in [0.15, 0.2) is 36.5 Å². The van der Waals surface area contributed by atoms with Gasteiger partial charge in [0.2, 0.25) is 5.91 Å². The van der Waals surface area contributed by atoms with Crippen LogP contribution < -0.4 is 0 Å². The van der Waals surface area contributed by atoms with Gasteiger partial charge in [-0.3, -0.25) is 4.79 Å². The zero-order valence-electron chi connectivity index (χ0n) is 14.9. The van der Waals surface area contributed by atoms with Crippen LogP contribution in [0.3, 0.4) is 0 Å². The van der Waals surface area contributed by atoms with Gasteiger partial charge in [-0.2, -0.15) is 0 Å². The third kappa shape index (κ3) is 3.17. The van der Waals surface area contributed by atoms with Crippen LogP contribution in [-0.2, 0) is 23.1 Å². The van der Waals surface area contributed by atoms with Crippen molar-refractivity contribution < 1.29 is 4.79 Å². The number of nitrogens with zero attached hydrogens (tertiary/aromatic N) is 3. The second-order valence-corrected chi connectivity index (χ2v) is 7.48. The molecule has 1 atom stereocenters. The fourth-order valence-corrected chi connectivity index (χ4v) is 4.43. The second kappa shape index (κ2) is 6.58. The molecule has 4 heteroatoms. The van der Waals surface area contributed by atoms with Crippen LogP contribution in [0.5, 0.6) is 0 Å². The average Bonchev–Trinajstić information content (AvgIpc) is 2.98. The van der Waals surface area contributed by atoms with E-state index in [0.717, 1.165) is 51.0 Å². The van der Waals surface area contributed by atoms with E-state index >= 15 is 0 Å². The minimum Gasteiger partial charge on any atom is -0.342 e. The molecule has 0 saturated carbocycles. The van der Waals surface area contributed by atoms with Crippen LogP contribution in [0.4, 0.5) is 0 Å². The number of aromatic nitrogens is 2. The van der Waals surface area contributed by atoms with Gasteiger partial charge in [0.25, 0.3) is 0 Å². The predicted octanol–water partition coefficient (Wildman–Crippen LogP) is 3.22. The van der Waals surface area contributed by atoms with Gasteiger partial charge in [0, 0.05) is 31.1 Å². The molecule has 4 nitrogen and oxygen atoms in total. The van der Waals surface area contributed by atoms with Gasteiger partial charge < -0.3 is 4.90 Å². The van der Waals surface area contributed by atoms with E-state index < -0.39 is 0 Å². The van der Waals surface area contributed by atoms with Crippen molar-refractivity contribution in [3.05, 3.63) is 59.2 Å². The second-order valence-electron chi connectivity index (χ2n) is 7.48. The Balaban J connectivity index is 1.47. The van der Waals surface area contributed by atoms with E-state index in [-0.39, 0.29) is 11.3 Å². The molecule has 1 aliphatic carbocycles. The summed E-state index contributed by atoms with van der Waals surface area (Å²) in [6.45, 7) is 3.66. The highest BCUT2D eigenvalue weighted by molar-refractivity contribution is 5.76. The number of aryl methyl sites for hydroxylation is 3. The molecule has 2 heterocycles. The van der Waals surface area contributed by atoms with E-state index in [1.807, 2.05) is 31.3 Å². The van der Waals surface area contributed by atoms with Crippen LogP contribution in [0.2, 0.25) is 0 Å². The first-order chi connectivity index (χ1) is 12.2. The van der Waals surface area contributed by atoms with Crippen LogP contribution in [0.25, 0.3) is 0 Å². The Labute approximate surface area is 149 Å². The number of carbonyl (C=O) groups excluding carboxylic acids is 1. The summed E-state index contributed by atoms with van der Waals surface area (Å²) >= 11 is 0. The lowest BCUT2D eigenvalue weighted by Gasteiger charge is -2.40. The van der Waals surface area contributed by atoms with Crippen molar-refractivity contribution in [1.29, 1.82) is 0 Å². The zero-order chi connectivity index (χ0) is 17.3. The van der Waals surface area contributed by atoms with Crippen LogP contribution >= 0.6 is 0 Å². The molecule has 1 amide bonds. The van der Waals surface area contributed by atoms with Crippen molar-refractivity contribution in [2.24, 2.45) is 0 Å². The molecule has 25 heavy (non-hydrogen) atoms. The highest BCUT2D eigenvalue weighted by Crippen LogP contribution is 2.43. The highest BCUT2D eigenvalue weighted by Gasteiger charge is 2.44. The molecule has 0 N–H and O–H groups in total. The van der Waals surface area contributed by atoms with Crippen molar-refractivity contribution in [2.45, 2.75) is 50.9 Å². The van der Waals surface area contributed by atoms with E-state index in [9.17, 15) is 4.79 Å². The average molecular weight is 335 g/mol. The molecule has 1 aliphatic heterocycles. The maximum atomic E-state index is 12.8. The smallest absolute Gasteiger partial charge is 0.222 e. The van der Waals surface area contributed by atoms with E-state index in [2.05, 4.69) is 22.0 Å². The fourth-order valence-electron chi connectivity index (χ4n) is 4.43. The van der Waals surface area contributed by atoms with Gasteiger partial charge in [-0.15, -0.1) is 0 Å². The summed E-state index contributed by atoms with van der Waals surface area (Å²) in [4.78, 5) is 24.0. The van der Waals surface area contributed by atoms with E-state index in [0.29, 0.717) is 6.42 Å². The van der Waals surface area contributed by atoms with Crippen molar-refractivity contribution in [2.75, 3.05) is 13.1 Å². The predicted molar refractivity (Wildman–Crippen MR) is 97.3 cm³/mol. The van der Waals surface area contributed by atoms with Crippen LogP contribution in [-0.4, -0.2) is 33.9 Å². The van der Waals surface area contributed by atoms with Crippen molar-refractivity contribution in [3.8, 4) is 0 Å². The SMILES string of the molecule is Cc1ncc2c(n1)C1(CCCN(C(=O)CCc3ccccc3)C1)CC2. The summed E-state index contributed by atoms with van der Waals surface area (Å²) in [5.74, 6) is 1.12. The van der Waals surface area contributed by atoms with Gasteiger partial charge in [-0.25, -0.2) is 9.97 Å². The standard InChI is InChI=1S/C21H25N3O/c1-16-22-14-18-10-12-21(20(18)23-16)11-5-13-24(15-21)19(25)9-8-17-6-3-2-4-7-17/h2-4,6-7,14H,5,8-13,15H2,1H3. The van der Waals surface area contributed by atoms with E-state index in [4.69, 9.17) is 4.98 Å². The highest BCUT2D eigenvalue weighted by atomic mass is 16.2. The minimum atomic E-state index is 0.0592. The molecule has 0 bridgehead atoms. The van der Waals surface area contributed by atoms with Crippen LogP contribution in [0.1, 0.15) is 48.3 Å². The summed E-state index contributed by atoms with van der Waals surface area (Å²) < 4.78 is 0. The lowest BCUT2D eigenvalue weighted by Crippen LogP contribution is -2.48. The molecule has 1 spiro atoms. The number of carbonyl (C=O) groups is 1. The number of rotatable bonds is 3. The number of hydrogen-bond donors (Lipinski definition) is 0. The summed E-state index contributed by atoms with van der Waals surface area (Å²) in [6, 6.07) is 10.3. The molecular formula is C21H25N3O. The molecule has 2 aromatic rings. The zero-order valence-corrected chi connectivity index (χ0v) is 14.9. The number of piperidine rings is 1. The van der Waals surface area contributed by atoms with Gasteiger partial charge in [-0.05, 0) is 50.2 Å². The van der Waals surface area contributed by atoms with Crippen LogP contribution in [0, 0.1) is 6.92 Å². The molecule has 1 aromatic heterocycles. The summed E-state index contributed by atoms with van der Waals surface area (Å²) in [7, 11) is 0. The monoisotopic (exact) mass is 335 g/mol. The first-order valence-electron chi connectivity index (χ1n) is 9.31. The normalized spacial score (nSPS) is 22.2. The molecule has 4 rings (SSSR count). The van der Waals surface area contributed by atoms with Crippen molar-refractivity contribution in [3.63, 3.8) is 0 Å². The number of benzene rings is 1. The summed E-state index contributed by atoms with van der Waals surface area (Å²) in [5.41, 5.74) is 3.78. The lowest BCUT2D eigenvalue weighted by atomic mass is 9.77. The largest absolute Gasteiger partial charge is 0.342 e. The molecule has 1 aromatic carbocycles. The Hall–Kier alpha value is -2.23. The minimum absolute atomic E-state index is 0.0592. The van der Waals surface area contributed by atoms with E-state index in [1.54, 1.807) is 0 Å². The third-order valence-electron chi connectivity index (χ3n) is 5.76. The van der Waals surface area contributed by atoms with Crippen molar-refractivity contribution >= 4 is 5.91 Å². The first-order valence-corrected chi connectivity index (χ1v) is 9.31. The van der Waals surface area contributed by atoms with Gasteiger partial charge in [0.15, 0.2) is 0 Å². The molecule has 2 aliphatic rings. The molecule has 0 radical (unpaired) electrons. The van der Waals surface area contributed by atoms with Gasteiger partial charge in [-0.1, -0.05) is 30.3 Å². The quantitative estimate of drug-likeness (QED) is 0.865. The Bertz CT molecular complexity index is 770. The topological polar surface area (TPSA) is 46.1 Å². The van der Waals surface area contributed by atoms with Gasteiger partial charge in [0.1, 0.15) is 5.82 Å². The van der Waals surface area contributed by atoms with Gasteiger partial charge in [0.05, 0.1) is 5.69 Å². The molecule has 130 valence electrons. The summed E-state index contributed by atoms with van der Waals surface area (Å²) in [5, 5.41) is 0. The lowest BCUT2D eigenvalue weighted by molar-refractivity contribution is -0.133. The molecule has 1 unspecified atom stereocenters.